The number of aromatic hydroxyl groups is 1. The zero-order valence-corrected chi connectivity index (χ0v) is 20.1. The van der Waals surface area contributed by atoms with Gasteiger partial charge in [-0.25, -0.2) is 0 Å². The molecule has 8 nitrogen and oxygen atoms in total. The average molecular weight is 552 g/mol. The molecule has 3 N–H and O–H groups in total. The number of carbonyl (C=O) groups excluding carboxylic acids is 2. The van der Waals surface area contributed by atoms with Gasteiger partial charge in [0.05, 0.1) is 16.9 Å². The SMILES string of the molecule is COc1cc(/C=N\N=C2\NC(=O)[C@H](CC(=O)Nc3c(C)cccc3C)S2)cc(I)c1O. The molecule has 0 bridgehead atoms. The molecule has 3 rings (SSSR count). The number of amidine groups is 1. The van der Waals surface area contributed by atoms with Crippen LogP contribution in [0.15, 0.2) is 40.5 Å². The van der Waals surface area contributed by atoms with Crippen molar-refractivity contribution in [3.63, 3.8) is 0 Å². The average Bonchev–Trinajstić information content (AvgIpc) is 3.06. The van der Waals surface area contributed by atoms with Gasteiger partial charge in [-0.2, -0.15) is 5.10 Å². The summed E-state index contributed by atoms with van der Waals surface area (Å²) in [5.74, 6) is -0.122. The predicted octanol–water partition coefficient (Wildman–Crippen LogP) is 3.57. The highest BCUT2D eigenvalue weighted by Crippen LogP contribution is 2.32. The summed E-state index contributed by atoms with van der Waals surface area (Å²) in [4.78, 5) is 24.7. The Bertz CT molecular complexity index is 1070. The smallest absolute Gasteiger partial charge is 0.240 e. The van der Waals surface area contributed by atoms with Gasteiger partial charge in [0.1, 0.15) is 5.25 Å². The molecule has 0 spiro atoms. The molecule has 2 aromatic rings. The van der Waals surface area contributed by atoms with Crippen LogP contribution in [0.3, 0.4) is 0 Å². The molecule has 0 aromatic heterocycles. The number of carbonyl (C=O) groups is 2. The van der Waals surface area contributed by atoms with Gasteiger partial charge in [-0.1, -0.05) is 30.0 Å². The number of ether oxygens (including phenoxy) is 1. The van der Waals surface area contributed by atoms with E-state index in [1.807, 2.05) is 54.6 Å². The molecule has 1 atom stereocenters. The molecule has 0 aliphatic carbocycles. The molecule has 162 valence electrons. The number of amides is 2. The number of nitrogens with zero attached hydrogens (tertiary/aromatic N) is 2. The van der Waals surface area contributed by atoms with Gasteiger partial charge in [0.15, 0.2) is 16.7 Å². The van der Waals surface area contributed by atoms with Crippen molar-refractivity contribution in [2.75, 3.05) is 12.4 Å². The Hall–Kier alpha value is -2.60. The lowest BCUT2D eigenvalue weighted by Crippen LogP contribution is -2.28. The third kappa shape index (κ3) is 5.76. The van der Waals surface area contributed by atoms with Gasteiger partial charge in [0.25, 0.3) is 0 Å². The third-order valence-corrected chi connectivity index (χ3v) is 6.41. The van der Waals surface area contributed by atoms with E-state index in [2.05, 4.69) is 20.8 Å². The number of para-hydroxylation sites is 1. The standard InChI is InChI=1S/C21H21IN4O4S/c1-11-5-4-6-12(2)18(11)24-17(27)9-16-20(29)25-21(31-16)26-23-10-13-7-14(22)19(28)15(8-13)30-3/h4-8,10,16,28H,9H2,1-3H3,(H,24,27)(H,25,26,29)/b23-10-/t16-/m0/s1. The van der Waals surface area contributed by atoms with Crippen LogP contribution < -0.4 is 15.4 Å². The number of benzene rings is 2. The van der Waals surface area contributed by atoms with E-state index in [9.17, 15) is 14.7 Å². The number of aryl methyl sites for hydroxylation is 2. The van der Waals surface area contributed by atoms with Crippen molar-refractivity contribution in [2.45, 2.75) is 25.5 Å². The molecule has 0 saturated carbocycles. The van der Waals surface area contributed by atoms with E-state index < -0.39 is 5.25 Å². The lowest BCUT2D eigenvalue weighted by Gasteiger charge is -2.12. The molecule has 1 saturated heterocycles. The third-order valence-electron chi connectivity index (χ3n) is 4.52. The molecule has 1 aliphatic rings. The molecule has 2 amide bonds. The fraction of sp³-hybridized carbons (Fsp3) is 0.238. The highest BCUT2D eigenvalue weighted by atomic mass is 127. The van der Waals surface area contributed by atoms with Crippen LogP contribution >= 0.6 is 34.4 Å². The number of hydrogen-bond acceptors (Lipinski definition) is 7. The Kier molecular flexibility index (Phi) is 7.55. The number of halogens is 1. The number of methoxy groups -OCH3 is 1. The number of anilines is 1. The van der Waals surface area contributed by atoms with Crippen molar-refractivity contribution in [3.05, 3.63) is 50.6 Å². The van der Waals surface area contributed by atoms with Crippen LogP contribution in [0, 0.1) is 17.4 Å². The van der Waals surface area contributed by atoms with Crippen LogP contribution in [0.4, 0.5) is 5.69 Å². The minimum Gasteiger partial charge on any atom is -0.504 e. The minimum absolute atomic E-state index is 0.0281. The van der Waals surface area contributed by atoms with Crippen LogP contribution in [0.2, 0.25) is 0 Å². The summed E-state index contributed by atoms with van der Waals surface area (Å²) in [7, 11) is 1.47. The topological polar surface area (TPSA) is 112 Å². The molecule has 31 heavy (non-hydrogen) atoms. The Labute approximate surface area is 197 Å². The number of phenols is 1. The second-order valence-electron chi connectivity index (χ2n) is 6.82. The molecule has 1 heterocycles. The summed E-state index contributed by atoms with van der Waals surface area (Å²) in [5.41, 5.74) is 3.39. The highest BCUT2D eigenvalue weighted by Gasteiger charge is 2.32. The van der Waals surface area contributed by atoms with Crippen LogP contribution in [-0.4, -0.2) is 40.7 Å². The summed E-state index contributed by atoms with van der Waals surface area (Å²) in [5, 5.41) is 23.2. The van der Waals surface area contributed by atoms with Crippen molar-refractivity contribution in [3.8, 4) is 11.5 Å². The van der Waals surface area contributed by atoms with Crippen LogP contribution in [0.25, 0.3) is 0 Å². The Morgan fingerprint density at radius 3 is 2.74 bits per heavy atom. The van der Waals surface area contributed by atoms with Crippen molar-refractivity contribution in [1.82, 2.24) is 5.32 Å². The summed E-state index contributed by atoms with van der Waals surface area (Å²) in [6.45, 7) is 3.85. The van der Waals surface area contributed by atoms with E-state index in [4.69, 9.17) is 4.74 Å². The van der Waals surface area contributed by atoms with Gasteiger partial charge >= 0.3 is 0 Å². The molecule has 0 radical (unpaired) electrons. The molecule has 10 heteroatoms. The van der Waals surface area contributed by atoms with E-state index >= 15 is 0 Å². The molecule has 0 unspecified atom stereocenters. The zero-order valence-electron chi connectivity index (χ0n) is 17.1. The zero-order chi connectivity index (χ0) is 22.5. The lowest BCUT2D eigenvalue weighted by atomic mass is 10.1. The summed E-state index contributed by atoms with van der Waals surface area (Å²) < 4.78 is 5.73. The number of hydrogen-bond donors (Lipinski definition) is 3. The maximum absolute atomic E-state index is 12.4. The van der Waals surface area contributed by atoms with Gasteiger partial charge in [-0.05, 0) is 65.3 Å². The largest absolute Gasteiger partial charge is 0.504 e. The van der Waals surface area contributed by atoms with Gasteiger partial charge in [0.2, 0.25) is 11.8 Å². The first kappa shape index (κ1) is 23.1. The maximum Gasteiger partial charge on any atom is 0.240 e. The molecule has 2 aromatic carbocycles. The molecular weight excluding hydrogens is 531 g/mol. The summed E-state index contributed by atoms with van der Waals surface area (Å²) >= 11 is 3.15. The lowest BCUT2D eigenvalue weighted by molar-refractivity contribution is -0.122. The quantitative estimate of drug-likeness (QED) is 0.288. The fourth-order valence-corrected chi connectivity index (χ4v) is 4.48. The van der Waals surface area contributed by atoms with Gasteiger partial charge < -0.3 is 20.5 Å². The first-order valence-corrected chi connectivity index (χ1v) is 11.3. The van der Waals surface area contributed by atoms with E-state index in [0.717, 1.165) is 28.6 Å². The highest BCUT2D eigenvalue weighted by molar-refractivity contribution is 14.1. The van der Waals surface area contributed by atoms with Crippen molar-refractivity contribution in [2.24, 2.45) is 10.2 Å². The Morgan fingerprint density at radius 1 is 1.35 bits per heavy atom. The van der Waals surface area contributed by atoms with Gasteiger partial charge in [0, 0.05) is 12.1 Å². The number of rotatable bonds is 6. The van der Waals surface area contributed by atoms with Crippen LogP contribution in [0.1, 0.15) is 23.1 Å². The first-order valence-electron chi connectivity index (χ1n) is 9.29. The number of phenolic OH excluding ortho intramolecular Hbond substituents is 1. The van der Waals surface area contributed by atoms with E-state index in [1.54, 1.807) is 12.1 Å². The Balaban J connectivity index is 1.62. The second-order valence-corrected chi connectivity index (χ2v) is 9.17. The first-order chi connectivity index (χ1) is 14.8. The van der Waals surface area contributed by atoms with Gasteiger partial charge in [-0.3, -0.25) is 9.59 Å². The minimum atomic E-state index is -0.576. The monoisotopic (exact) mass is 552 g/mol. The van der Waals surface area contributed by atoms with Crippen molar-refractivity contribution in [1.29, 1.82) is 0 Å². The molecular formula is C21H21IN4O4S. The van der Waals surface area contributed by atoms with Crippen molar-refractivity contribution >= 4 is 63.2 Å². The van der Waals surface area contributed by atoms with Crippen LogP contribution in [-0.2, 0) is 9.59 Å². The van der Waals surface area contributed by atoms with Crippen molar-refractivity contribution < 1.29 is 19.4 Å². The summed E-state index contributed by atoms with van der Waals surface area (Å²) in [6.07, 6.45) is 1.52. The Morgan fingerprint density at radius 2 is 2.06 bits per heavy atom. The summed E-state index contributed by atoms with van der Waals surface area (Å²) in [6, 6.07) is 9.13. The van der Waals surface area contributed by atoms with E-state index in [1.165, 1.54) is 13.3 Å². The van der Waals surface area contributed by atoms with E-state index in [0.29, 0.717) is 20.1 Å². The second kappa shape index (κ2) is 10.1. The number of thioether (sulfide) groups is 1. The van der Waals surface area contributed by atoms with Gasteiger partial charge in [-0.15, -0.1) is 5.10 Å². The van der Waals surface area contributed by atoms with Crippen LogP contribution in [0.5, 0.6) is 11.5 Å². The molecule has 1 aliphatic heterocycles. The normalized spacial score (nSPS) is 17.2. The predicted molar refractivity (Wildman–Crippen MR) is 131 cm³/mol. The fourth-order valence-electron chi connectivity index (χ4n) is 2.93. The van der Waals surface area contributed by atoms with E-state index in [-0.39, 0.29) is 24.0 Å². The maximum atomic E-state index is 12.4. The number of nitrogens with one attached hydrogen (secondary N) is 2. The molecule has 1 fully saturated rings.